The van der Waals surface area contributed by atoms with E-state index in [2.05, 4.69) is 10.1 Å². The summed E-state index contributed by atoms with van der Waals surface area (Å²) in [5, 5.41) is 24.0. The van der Waals surface area contributed by atoms with Gasteiger partial charge in [-0.2, -0.15) is 5.10 Å². The first-order valence-electron chi connectivity index (χ1n) is 11.8. The summed E-state index contributed by atoms with van der Waals surface area (Å²) in [6.07, 6.45) is 7.77. The second kappa shape index (κ2) is 10.3. The summed E-state index contributed by atoms with van der Waals surface area (Å²) in [5.41, 5.74) is 1.77. The first-order valence-corrected chi connectivity index (χ1v) is 11.8. The van der Waals surface area contributed by atoms with E-state index >= 15 is 0 Å². The molecule has 184 valence electrons. The third-order valence-corrected chi connectivity index (χ3v) is 6.94. The van der Waals surface area contributed by atoms with Crippen LogP contribution < -0.4 is 4.74 Å². The van der Waals surface area contributed by atoms with Crippen LogP contribution in [0, 0.1) is 5.92 Å². The highest BCUT2D eigenvalue weighted by atomic mass is 16.6. The molecule has 0 saturated heterocycles. The normalized spacial score (nSPS) is 20.8. The van der Waals surface area contributed by atoms with Crippen molar-refractivity contribution in [1.29, 1.82) is 0 Å². The molecule has 4 rings (SSSR count). The molecule has 2 aliphatic rings. The molecular weight excluding hydrogens is 440 g/mol. The van der Waals surface area contributed by atoms with Crippen LogP contribution in [0.4, 0.5) is 4.79 Å². The molecule has 1 amide bonds. The third-order valence-electron chi connectivity index (χ3n) is 6.94. The lowest BCUT2D eigenvalue weighted by Crippen LogP contribution is -2.35. The third kappa shape index (κ3) is 5.26. The van der Waals surface area contributed by atoms with E-state index in [0.29, 0.717) is 29.8 Å². The number of aryl methyl sites for hydroxylation is 1. The van der Waals surface area contributed by atoms with Gasteiger partial charge in [0.25, 0.3) is 5.88 Å². The van der Waals surface area contributed by atoms with Gasteiger partial charge in [0.05, 0.1) is 29.6 Å². The lowest BCUT2D eigenvalue weighted by Gasteiger charge is -2.27. The standard InChI is InChI=1S/C24H32N4O6/c1-27(16-7-3-4-8-16)24(32)33-14-20-18(13-25-28(20)2)19-10-11-21(22(29)26-19)34-17-9-5-6-15(12-17)23(30)31/h10-11,13,15-17H,3-9,12,14H2,1-2H3,(H,26,29)(H,30,31)/t15-,17?/m0/s1. The van der Waals surface area contributed by atoms with E-state index < -0.39 is 11.9 Å². The smallest absolute Gasteiger partial charge is 0.410 e. The molecule has 0 aromatic carbocycles. The van der Waals surface area contributed by atoms with Gasteiger partial charge in [0.2, 0.25) is 0 Å². The van der Waals surface area contributed by atoms with Crippen molar-refractivity contribution in [2.75, 3.05) is 7.05 Å². The van der Waals surface area contributed by atoms with Crippen molar-refractivity contribution < 1.29 is 29.3 Å². The predicted octanol–water partition coefficient (Wildman–Crippen LogP) is 3.72. The van der Waals surface area contributed by atoms with Crippen LogP contribution in [0.5, 0.6) is 11.6 Å². The number of carboxylic acid groups (broad SMARTS) is 1. The Balaban J connectivity index is 1.43. The molecule has 2 aromatic heterocycles. The molecule has 2 aliphatic carbocycles. The van der Waals surface area contributed by atoms with Crippen LogP contribution in [0.1, 0.15) is 57.1 Å². The lowest BCUT2D eigenvalue weighted by molar-refractivity contribution is -0.143. The van der Waals surface area contributed by atoms with Crippen LogP contribution in [-0.2, 0) is 23.2 Å². The van der Waals surface area contributed by atoms with E-state index in [1.807, 2.05) is 0 Å². The molecule has 10 heteroatoms. The van der Waals surface area contributed by atoms with Crippen LogP contribution in [0.3, 0.4) is 0 Å². The number of carbonyl (C=O) groups is 2. The van der Waals surface area contributed by atoms with Crippen molar-refractivity contribution in [2.24, 2.45) is 13.0 Å². The first-order chi connectivity index (χ1) is 16.3. The predicted molar refractivity (Wildman–Crippen MR) is 122 cm³/mol. The fourth-order valence-corrected chi connectivity index (χ4v) is 4.85. The van der Waals surface area contributed by atoms with Crippen LogP contribution in [0.2, 0.25) is 0 Å². The number of aromatic hydroxyl groups is 1. The summed E-state index contributed by atoms with van der Waals surface area (Å²) in [6, 6.07) is 3.55. The maximum atomic E-state index is 12.5. The zero-order valence-corrected chi connectivity index (χ0v) is 19.6. The Labute approximate surface area is 198 Å². The number of aliphatic carboxylic acids is 1. The minimum atomic E-state index is -0.815. The van der Waals surface area contributed by atoms with Gasteiger partial charge in [-0.3, -0.25) is 9.48 Å². The van der Waals surface area contributed by atoms with Crippen LogP contribution in [0.25, 0.3) is 11.3 Å². The van der Waals surface area contributed by atoms with Crippen molar-refractivity contribution in [3.05, 3.63) is 24.0 Å². The van der Waals surface area contributed by atoms with Crippen LogP contribution >= 0.6 is 0 Å². The largest absolute Gasteiger partial charge is 0.491 e. The van der Waals surface area contributed by atoms with E-state index in [9.17, 15) is 19.8 Å². The summed E-state index contributed by atoms with van der Waals surface area (Å²) in [6.45, 7) is 0.0288. The van der Waals surface area contributed by atoms with Crippen LogP contribution in [0.15, 0.2) is 18.3 Å². The highest BCUT2D eigenvalue weighted by Gasteiger charge is 2.29. The average Bonchev–Trinajstić information content (AvgIpc) is 3.48. The van der Waals surface area contributed by atoms with Crippen molar-refractivity contribution in [2.45, 2.75) is 70.1 Å². The minimum Gasteiger partial charge on any atom is -0.491 e. The first kappa shape index (κ1) is 23.8. The monoisotopic (exact) mass is 472 g/mol. The van der Waals surface area contributed by atoms with Gasteiger partial charge in [0.1, 0.15) is 6.61 Å². The molecule has 1 unspecified atom stereocenters. The Kier molecular flexibility index (Phi) is 7.23. The van der Waals surface area contributed by atoms with Crippen LogP contribution in [-0.4, -0.2) is 61.1 Å². The van der Waals surface area contributed by atoms with Gasteiger partial charge >= 0.3 is 12.1 Å². The number of carboxylic acids is 1. The number of nitrogens with zero attached hydrogens (tertiary/aromatic N) is 4. The zero-order chi connectivity index (χ0) is 24.2. The molecule has 0 bridgehead atoms. The number of carbonyl (C=O) groups excluding carboxylic acids is 1. The van der Waals surface area contributed by atoms with Gasteiger partial charge in [0.15, 0.2) is 5.75 Å². The topological polar surface area (TPSA) is 127 Å². The molecule has 0 spiro atoms. The molecule has 2 saturated carbocycles. The van der Waals surface area contributed by atoms with Crippen molar-refractivity contribution in [1.82, 2.24) is 19.7 Å². The Morgan fingerprint density at radius 2 is 1.94 bits per heavy atom. The molecule has 0 aliphatic heterocycles. The zero-order valence-electron chi connectivity index (χ0n) is 19.6. The van der Waals surface area contributed by atoms with Gasteiger partial charge < -0.3 is 24.6 Å². The summed E-state index contributed by atoms with van der Waals surface area (Å²) in [7, 11) is 3.53. The minimum absolute atomic E-state index is 0.0288. The number of ether oxygens (including phenoxy) is 2. The molecule has 2 atom stereocenters. The van der Waals surface area contributed by atoms with Gasteiger partial charge in [-0.15, -0.1) is 0 Å². The Morgan fingerprint density at radius 3 is 2.65 bits per heavy atom. The molecule has 0 radical (unpaired) electrons. The number of rotatable bonds is 7. The summed E-state index contributed by atoms with van der Waals surface area (Å²) >= 11 is 0. The quantitative estimate of drug-likeness (QED) is 0.624. The highest BCUT2D eigenvalue weighted by Crippen LogP contribution is 2.34. The van der Waals surface area contributed by atoms with E-state index in [1.165, 1.54) is 0 Å². The fourth-order valence-electron chi connectivity index (χ4n) is 4.85. The summed E-state index contributed by atoms with van der Waals surface area (Å²) in [5.74, 6) is -1.30. The van der Waals surface area contributed by atoms with Gasteiger partial charge in [0, 0.05) is 25.7 Å². The molecule has 10 nitrogen and oxygen atoms in total. The molecule has 2 aromatic rings. The number of aromatic nitrogens is 3. The number of hydrogen-bond donors (Lipinski definition) is 2. The Hall–Kier alpha value is -3.30. The second-order valence-corrected chi connectivity index (χ2v) is 9.19. The second-order valence-electron chi connectivity index (χ2n) is 9.19. The van der Waals surface area contributed by atoms with Gasteiger partial charge in [-0.05, 0) is 50.7 Å². The Bertz CT molecular complexity index is 1030. The van der Waals surface area contributed by atoms with E-state index in [4.69, 9.17) is 9.47 Å². The molecule has 2 heterocycles. The van der Waals surface area contributed by atoms with E-state index in [0.717, 1.165) is 38.5 Å². The maximum Gasteiger partial charge on any atom is 0.410 e. The number of amides is 1. The van der Waals surface area contributed by atoms with Crippen molar-refractivity contribution in [3.63, 3.8) is 0 Å². The summed E-state index contributed by atoms with van der Waals surface area (Å²) < 4.78 is 13.0. The fraction of sp³-hybridized carbons (Fsp3) is 0.583. The van der Waals surface area contributed by atoms with Gasteiger partial charge in [-0.1, -0.05) is 12.8 Å². The van der Waals surface area contributed by atoms with E-state index in [-0.39, 0.29) is 36.5 Å². The number of pyridine rings is 1. The van der Waals surface area contributed by atoms with E-state index in [1.54, 1.807) is 42.0 Å². The average molecular weight is 473 g/mol. The molecule has 34 heavy (non-hydrogen) atoms. The number of hydrogen-bond acceptors (Lipinski definition) is 7. The highest BCUT2D eigenvalue weighted by molar-refractivity contribution is 5.70. The molecular formula is C24H32N4O6. The SMILES string of the molecule is CN(C(=O)OCc1c(-c2ccc(OC3CCC[C@H](C(=O)O)C3)c(O)n2)cnn1C)C1CCCC1. The maximum absolute atomic E-state index is 12.5. The molecule has 2 N–H and O–H groups in total. The Morgan fingerprint density at radius 1 is 1.18 bits per heavy atom. The molecule has 2 fully saturated rings. The van der Waals surface area contributed by atoms with Gasteiger partial charge in [-0.25, -0.2) is 9.78 Å². The summed E-state index contributed by atoms with van der Waals surface area (Å²) in [4.78, 5) is 29.7. The van der Waals surface area contributed by atoms with Crippen molar-refractivity contribution in [3.8, 4) is 22.9 Å². The van der Waals surface area contributed by atoms with Crippen molar-refractivity contribution >= 4 is 12.1 Å². The lowest BCUT2D eigenvalue weighted by atomic mass is 9.87.